The summed E-state index contributed by atoms with van der Waals surface area (Å²) in [6.45, 7) is 12.8. The van der Waals surface area contributed by atoms with E-state index < -0.39 is 11.9 Å². The van der Waals surface area contributed by atoms with Gasteiger partial charge in [0.15, 0.2) is 0 Å². The third-order valence-corrected chi connectivity index (χ3v) is 1.60. The first-order chi connectivity index (χ1) is 17.4. The van der Waals surface area contributed by atoms with E-state index in [1.807, 2.05) is 13.8 Å². The Morgan fingerprint density at radius 1 is 0.524 bits per heavy atom. The maximum absolute atomic E-state index is 9.70. The van der Waals surface area contributed by atoms with Gasteiger partial charge in [-0.3, -0.25) is 38.4 Å². The maximum Gasteiger partial charge on any atom is 0.300 e. The minimum Gasteiger partial charge on any atom is -0.481 e. The SMILES string of the molecule is C.C.CC.CC(=O)O.CC(=O)O.CNC(C)=O.CNC(C)=O.CNC(C)=O.CNC(C)=O.COC=O.COC=O.[B].[Y]. The molecule has 0 aromatic carbocycles. The summed E-state index contributed by atoms with van der Waals surface area (Å²) in [6, 6.07) is 0. The molecule has 0 aliphatic carbocycles. The molecule has 0 bridgehead atoms. The summed E-state index contributed by atoms with van der Waals surface area (Å²) in [6.07, 6.45) is 0. The number of ether oxygens (including phenoxy) is 2. The molecule has 0 saturated heterocycles. The molecule has 0 unspecified atom stereocenters. The van der Waals surface area contributed by atoms with E-state index in [4.69, 9.17) is 29.4 Å². The van der Waals surface area contributed by atoms with Crippen LogP contribution in [0.1, 0.15) is 70.2 Å². The molecule has 0 heterocycles. The number of hydrogen-bond acceptors (Lipinski definition) is 10. The third kappa shape index (κ3) is 993. The second-order valence-corrected chi connectivity index (χ2v) is 4.93. The zero-order valence-corrected chi connectivity index (χ0v) is 29.1. The van der Waals surface area contributed by atoms with Crippen LogP contribution >= 0.6 is 0 Å². The molecule has 4 radical (unpaired) electrons. The monoisotopic (exact) mass is 694 g/mol. The molecule has 0 aliphatic heterocycles. The number of carbonyl (C=O) groups excluding carboxylic acids is 6. The van der Waals surface area contributed by atoms with Crippen molar-refractivity contribution in [3.05, 3.63) is 0 Å². The predicted molar refractivity (Wildman–Crippen MR) is 162 cm³/mol. The van der Waals surface area contributed by atoms with E-state index in [0.29, 0.717) is 12.9 Å². The van der Waals surface area contributed by atoms with Gasteiger partial charge >= 0.3 is 0 Å². The summed E-state index contributed by atoms with van der Waals surface area (Å²) in [7, 11) is 9.02. The van der Waals surface area contributed by atoms with Crippen LogP contribution in [0.15, 0.2) is 0 Å². The largest absolute Gasteiger partial charge is 0.481 e. The Morgan fingerprint density at radius 2 is 0.571 bits per heavy atom. The van der Waals surface area contributed by atoms with Gasteiger partial charge in [0.1, 0.15) is 0 Å². The molecule has 4 amide bonds. The van der Waals surface area contributed by atoms with Crippen LogP contribution in [0.5, 0.6) is 0 Å². The van der Waals surface area contributed by atoms with Gasteiger partial charge in [0.25, 0.3) is 24.9 Å². The fourth-order valence-corrected chi connectivity index (χ4v) is 0. The fourth-order valence-electron chi connectivity index (χ4n) is 0. The van der Waals surface area contributed by atoms with Gasteiger partial charge in [-0.1, -0.05) is 28.7 Å². The van der Waals surface area contributed by atoms with E-state index >= 15 is 0 Å². The van der Waals surface area contributed by atoms with Gasteiger partial charge in [-0.25, -0.2) is 0 Å². The molecular formula is C24H58BN4O12Y. The summed E-state index contributed by atoms with van der Waals surface area (Å²) in [5, 5.41) is 24.4. The van der Waals surface area contributed by atoms with Crippen molar-refractivity contribution < 1.29 is 90.8 Å². The average Bonchev–Trinajstić information content (AvgIpc) is 2.85. The number of nitrogens with one attached hydrogen (secondary N) is 4. The number of carboxylic acid groups (broad SMARTS) is 2. The number of rotatable bonds is 2. The van der Waals surface area contributed by atoms with E-state index in [2.05, 4.69) is 30.7 Å². The van der Waals surface area contributed by atoms with Gasteiger partial charge in [-0.2, -0.15) is 0 Å². The zero-order valence-electron chi connectivity index (χ0n) is 26.3. The molecule has 0 spiro atoms. The standard InChI is InChI=1S/4C3H7NO.4C2H4O2.C2H6.2CH4.B.Y/c4*1-3(5)4-2;2*1-4-2-3;2*1-2(3)4;1-2;;;;/h4*1-2H3,(H,4,5);2*2H,1H3;2*1H3,(H,3,4);1-2H3;2*1H4;;. The minimum atomic E-state index is -0.833. The normalized spacial score (nSPS) is 5.57. The van der Waals surface area contributed by atoms with E-state index in [1.54, 1.807) is 28.2 Å². The average molecular weight is 694 g/mol. The molecule has 0 rings (SSSR count). The Morgan fingerprint density at radius 3 is 0.571 bits per heavy atom. The number of aliphatic carboxylic acids is 2. The van der Waals surface area contributed by atoms with Gasteiger partial charge in [-0.15, -0.1) is 0 Å². The number of amides is 4. The smallest absolute Gasteiger partial charge is 0.300 e. The van der Waals surface area contributed by atoms with Crippen molar-refractivity contribution in [2.75, 3.05) is 42.4 Å². The molecule has 16 nitrogen and oxygen atoms in total. The molecule has 0 fully saturated rings. The van der Waals surface area contributed by atoms with Crippen LogP contribution < -0.4 is 21.3 Å². The van der Waals surface area contributed by atoms with Gasteiger partial charge in [0, 0.05) is 111 Å². The molecule has 0 aliphatic rings. The number of carbonyl (C=O) groups is 8. The zero-order chi connectivity index (χ0) is 33.1. The molecule has 0 aromatic heterocycles. The Labute approximate surface area is 280 Å². The molecule has 252 valence electrons. The van der Waals surface area contributed by atoms with Gasteiger partial charge in [0.05, 0.1) is 14.2 Å². The molecule has 0 atom stereocenters. The van der Waals surface area contributed by atoms with Crippen LogP contribution in [-0.4, -0.2) is 110 Å². The Kier molecular flexibility index (Phi) is 195. The Hall–Kier alpha value is -3.07. The Balaban J connectivity index is -0.0000000204. The van der Waals surface area contributed by atoms with E-state index in [9.17, 15) is 19.2 Å². The first kappa shape index (κ1) is 83.3. The van der Waals surface area contributed by atoms with Crippen LogP contribution in [0, 0.1) is 0 Å². The first-order valence-electron chi connectivity index (χ1n) is 10.4. The summed E-state index contributed by atoms with van der Waals surface area (Å²) < 4.78 is 7.72. The summed E-state index contributed by atoms with van der Waals surface area (Å²) >= 11 is 0. The van der Waals surface area contributed by atoms with Crippen molar-refractivity contribution in [2.45, 2.75) is 70.2 Å². The van der Waals surface area contributed by atoms with Gasteiger partial charge in [-0.05, 0) is 0 Å². The second kappa shape index (κ2) is 98.4. The maximum atomic E-state index is 9.70. The summed E-state index contributed by atoms with van der Waals surface area (Å²) in [5.41, 5.74) is 0. The summed E-state index contributed by atoms with van der Waals surface area (Å²) in [5.74, 6) is -1.65. The van der Waals surface area contributed by atoms with E-state index in [-0.39, 0.29) is 79.6 Å². The van der Waals surface area contributed by atoms with Crippen molar-refractivity contribution in [3.63, 3.8) is 0 Å². The van der Waals surface area contributed by atoms with Crippen molar-refractivity contribution in [1.29, 1.82) is 0 Å². The van der Waals surface area contributed by atoms with Crippen molar-refractivity contribution in [2.24, 2.45) is 0 Å². The molecular weight excluding hydrogens is 636 g/mol. The minimum absolute atomic E-state index is 0. The predicted octanol–water partition coefficient (Wildman–Crippen LogP) is 0.685. The summed E-state index contributed by atoms with van der Waals surface area (Å²) in [4.78, 5) is 74.7. The molecule has 0 aromatic rings. The van der Waals surface area contributed by atoms with Crippen LogP contribution in [-0.2, 0) is 80.5 Å². The number of methoxy groups -OCH3 is 2. The van der Waals surface area contributed by atoms with Gasteiger partial charge in [0.2, 0.25) is 23.6 Å². The van der Waals surface area contributed by atoms with Crippen molar-refractivity contribution >= 4 is 56.9 Å². The first-order valence-corrected chi connectivity index (χ1v) is 10.4. The van der Waals surface area contributed by atoms with E-state index in [0.717, 1.165) is 13.8 Å². The third-order valence-electron chi connectivity index (χ3n) is 1.60. The quantitative estimate of drug-likeness (QED) is 0.173. The Bertz CT molecular complexity index is 490. The molecule has 18 heteroatoms. The molecule has 42 heavy (non-hydrogen) atoms. The fraction of sp³-hybridized carbons (Fsp3) is 0.667. The van der Waals surface area contributed by atoms with Crippen LogP contribution in [0.2, 0.25) is 0 Å². The van der Waals surface area contributed by atoms with E-state index in [1.165, 1.54) is 41.9 Å². The molecule has 6 N–H and O–H groups in total. The number of hydrogen-bond donors (Lipinski definition) is 6. The van der Waals surface area contributed by atoms with Crippen LogP contribution in [0.4, 0.5) is 0 Å². The molecule has 0 saturated carbocycles. The van der Waals surface area contributed by atoms with Crippen LogP contribution in [0.3, 0.4) is 0 Å². The van der Waals surface area contributed by atoms with Crippen molar-refractivity contribution in [1.82, 2.24) is 21.3 Å². The van der Waals surface area contributed by atoms with Gasteiger partial charge < -0.3 is 41.0 Å². The second-order valence-electron chi connectivity index (χ2n) is 4.93. The topological polar surface area (TPSA) is 244 Å². The van der Waals surface area contributed by atoms with Crippen LogP contribution in [0.25, 0.3) is 0 Å². The van der Waals surface area contributed by atoms with Crippen molar-refractivity contribution in [3.8, 4) is 0 Å². The number of carboxylic acids is 2.